The molecule has 3 aliphatic rings. The number of urea groups is 1. The Labute approximate surface area is 180 Å². The number of nitrogens with two attached hydrogens (primary N) is 1. The number of nitrogens with one attached hydrogen (secondary N) is 1. The summed E-state index contributed by atoms with van der Waals surface area (Å²) in [7, 11) is -3.55. The highest BCUT2D eigenvalue weighted by molar-refractivity contribution is 7.91. The summed E-state index contributed by atoms with van der Waals surface area (Å²) in [6, 6.07) is 1.17. The maximum absolute atomic E-state index is 13.2. The number of anilines is 1. The molecular weight excluding hydrogens is 418 g/mol. The molecule has 0 spiro atoms. The molecule has 0 saturated carbocycles. The molecule has 31 heavy (non-hydrogen) atoms. The minimum absolute atomic E-state index is 0.0915. The lowest BCUT2D eigenvalue weighted by Gasteiger charge is -2.23. The summed E-state index contributed by atoms with van der Waals surface area (Å²) < 4.78 is 24.3. The Balaban J connectivity index is 1.47. The second-order valence-corrected chi connectivity index (χ2v) is 10.1. The Kier molecular flexibility index (Phi) is 4.86. The first-order valence-electron chi connectivity index (χ1n) is 10.6. The van der Waals surface area contributed by atoms with Gasteiger partial charge in [-0.3, -0.25) is 4.79 Å². The van der Waals surface area contributed by atoms with E-state index in [4.69, 9.17) is 9.88 Å². The molecule has 1 aromatic heterocycles. The van der Waals surface area contributed by atoms with Gasteiger partial charge in [-0.15, -0.1) is 4.36 Å². The van der Waals surface area contributed by atoms with E-state index in [0.717, 1.165) is 42.4 Å². The standard InChI is InChI=1S/C21H25N5O4S/c1-2-12-10-26-20(30-11-12)18(9-23-26)31(22,29)25-21(28)24-19-14-5-3-4-13(14)8-16-15(19)6-7-17(16)27/h8-9,12H,2-7,10-11H2,1H3,(H3,22,24,25,28,29)/t12?,31-/m0/s1. The summed E-state index contributed by atoms with van der Waals surface area (Å²) in [6.45, 7) is 3.19. The van der Waals surface area contributed by atoms with Crippen molar-refractivity contribution in [2.75, 3.05) is 11.9 Å². The van der Waals surface area contributed by atoms with Crippen LogP contribution < -0.4 is 15.2 Å². The minimum atomic E-state index is -3.55. The number of carbonyl (C=O) groups excluding carboxylic acids is 2. The lowest BCUT2D eigenvalue weighted by atomic mass is 9.98. The first-order chi connectivity index (χ1) is 14.9. The average molecular weight is 444 g/mol. The second kappa shape index (κ2) is 7.45. The van der Waals surface area contributed by atoms with Crippen LogP contribution in [-0.2, 0) is 35.7 Å². The minimum Gasteiger partial charge on any atom is -0.477 e. The molecule has 0 bridgehead atoms. The van der Waals surface area contributed by atoms with Crippen LogP contribution >= 0.6 is 0 Å². The molecule has 2 heterocycles. The van der Waals surface area contributed by atoms with Crippen molar-refractivity contribution in [2.45, 2.75) is 56.9 Å². The van der Waals surface area contributed by atoms with Gasteiger partial charge in [-0.05, 0) is 54.9 Å². The van der Waals surface area contributed by atoms with Crippen molar-refractivity contribution in [1.82, 2.24) is 9.78 Å². The fourth-order valence-electron chi connectivity index (χ4n) is 4.70. The van der Waals surface area contributed by atoms with Crippen LogP contribution in [0.3, 0.4) is 0 Å². The second-order valence-electron chi connectivity index (χ2n) is 8.36. The SMILES string of the molecule is CCC1COc2c([S@@](N)(=O)=NC(=O)Nc3c4c(cc5c3CCC5=O)CCC4)cnn2C1. The summed E-state index contributed by atoms with van der Waals surface area (Å²) in [4.78, 5) is 25.1. The zero-order valence-electron chi connectivity index (χ0n) is 17.3. The quantitative estimate of drug-likeness (QED) is 0.754. The highest BCUT2D eigenvalue weighted by Gasteiger charge is 2.30. The van der Waals surface area contributed by atoms with Crippen molar-refractivity contribution in [3.05, 3.63) is 34.5 Å². The molecule has 9 nitrogen and oxygen atoms in total. The molecule has 1 unspecified atom stereocenters. The number of aryl methyl sites for hydroxylation is 1. The van der Waals surface area contributed by atoms with Crippen LogP contribution in [0.1, 0.15) is 53.2 Å². The molecule has 164 valence electrons. The van der Waals surface area contributed by atoms with E-state index in [0.29, 0.717) is 49.0 Å². The summed E-state index contributed by atoms with van der Waals surface area (Å²) in [6.07, 6.45) is 5.99. The van der Waals surface area contributed by atoms with Gasteiger partial charge < -0.3 is 10.1 Å². The number of fused-ring (bicyclic) bond motifs is 3. The lowest BCUT2D eigenvalue weighted by molar-refractivity contribution is 0.0994. The van der Waals surface area contributed by atoms with Crippen molar-refractivity contribution >= 4 is 27.4 Å². The van der Waals surface area contributed by atoms with Crippen LogP contribution in [0, 0.1) is 5.92 Å². The van der Waals surface area contributed by atoms with Gasteiger partial charge in [0.15, 0.2) is 15.7 Å². The van der Waals surface area contributed by atoms with Gasteiger partial charge in [0.2, 0.25) is 5.88 Å². The third-order valence-electron chi connectivity index (χ3n) is 6.40. The Morgan fingerprint density at radius 2 is 2.19 bits per heavy atom. The smallest absolute Gasteiger partial charge is 0.354 e. The fraction of sp³-hybridized carbons (Fsp3) is 0.476. The van der Waals surface area contributed by atoms with E-state index in [1.165, 1.54) is 6.20 Å². The van der Waals surface area contributed by atoms with Crippen LogP contribution in [0.4, 0.5) is 10.5 Å². The predicted octanol–water partition coefficient (Wildman–Crippen LogP) is 2.85. The highest BCUT2D eigenvalue weighted by atomic mass is 32.2. The van der Waals surface area contributed by atoms with Crippen LogP contribution in [-0.4, -0.2) is 32.4 Å². The number of hydrogen-bond donors (Lipinski definition) is 2. The van der Waals surface area contributed by atoms with E-state index in [1.807, 2.05) is 6.07 Å². The number of ketones is 1. The number of Topliss-reactive ketones (excluding diaryl/α,β-unsaturated/α-hetero) is 1. The molecule has 0 fully saturated rings. The van der Waals surface area contributed by atoms with E-state index in [-0.39, 0.29) is 10.7 Å². The van der Waals surface area contributed by atoms with Gasteiger partial charge in [0, 0.05) is 23.6 Å². The summed E-state index contributed by atoms with van der Waals surface area (Å²) >= 11 is 0. The first-order valence-corrected chi connectivity index (χ1v) is 12.2. The molecule has 2 amide bonds. The third kappa shape index (κ3) is 3.43. The van der Waals surface area contributed by atoms with Gasteiger partial charge in [0.25, 0.3) is 0 Å². The Morgan fingerprint density at radius 3 is 3.00 bits per heavy atom. The Bertz CT molecular complexity index is 1220. The molecular formula is C21H25N5O4S. The monoisotopic (exact) mass is 443 g/mol. The zero-order valence-corrected chi connectivity index (χ0v) is 18.2. The summed E-state index contributed by atoms with van der Waals surface area (Å²) in [5, 5.41) is 13.0. The normalized spacial score (nSPS) is 21.0. The summed E-state index contributed by atoms with van der Waals surface area (Å²) in [5.74, 6) is 0.717. The third-order valence-corrected chi connectivity index (χ3v) is 7.75. The van der Waals surface area contributed by atoms with Gasteiger partial charge in [-0.1, -0.05) is 6.92 Å². The Morgan fingerprint density at radius 1 is 1.35 bits per heavy atom. The summed E-state index contributed by atoms with van der Waals surface area (Å²) in [5.41, 5.74) is 4.28. The van der Waals surface area contributed by atoms with Gasteiger partial charge >= 0.3 is 6.03 Å². The molecule has 1 aromatic carbocycles. The number of carbonyl (C=O) groups is 2. The zero-order chi connectivity index (χ0) is 21.8. The molecule has 0 saturated heterocycles. The number of amides is 2. The van der Waals surface area contributed by atoms with Crippen molar-refractivity contribution in [1.29, 1.82) is 0 Å². The Hall–Kier alpha value is -2.72. The van der Waals surface area contributed by atoms with E-state index in [9.17, 15) is 13.8 Å². The maximum Gasteiger partial charge on any atom is 0.354 e. The van der Waals surface area contributed by atoms with Gasteiger partial charge in [-0.25, -0.2) is 18.8 Å². The van der Waals surface area contributed by atoms with Crippen molar-refractivity contribution in [3.8, 4) is 5.88 Å². The van der Waals surface area contributed by atoms with E-state index in [2.05, 4.69) is 21.7 Å². The number of rotatable bonds is 3. The van der Waals surface area contributed by atoms with Gasteiger partial charge in [0.1, 0.15) is 4.90 Å². The molecule has 2 aliphatic carbocycles. The predicted molar refractivity (Wildman–Crippen MR) is 115 cm³/mol. The molecule has 0 radical (unpaired) electrons. The van der Waals surface area contributed by atoms with Crippen LogP contribution in [0.5, 0.6) is 5.88 Å². The molecule has 10 heteroatoms. The molecule has 1 aliphatic heterocycles. The molecule has 3 N–H and O–H groups in total. The van der Waals surface area contributed by atoms with Crippen LogP contribution in [0.2, 0.25) is 0 Å². The molecule has 5 rings (SSSR count). The largest absolute Gasteiger partial charge is 0.477 e. The number of benzene rings is 1. The fourth-order valence-corrected chi connectivity index (χ4v) is 5.70. The van der Waals surface area contributed by atoms with Gasteiger partial charge in [0.05, 0.1) is 19.3 Å². The van der Waals surface area contributed by atoms with Crippen molar-refractivity contribution in [2.24, 2.45) is 15.4 Å². The van der Waals surface area contributed by atoms with E-state index in [1.54, 1.807) is 4.68 Å². The first kappa shape index (κ1) is 20.2. The van der Waals surface area contributed by atoms with Crippen LogP contribution in [0.25, 0.3) is 0 Å². The van der Waals surface area contributed by atoms with Crippen molar-refractivity contribution < 1.29 is 18.5 Å². The number of aromatic nitrogens is 2. The van der Waals surface area contributed by atoms with E-state index < -0.39 is 15.9 Å². The van der Waals surface area contributed by atoms with Crippen molar-refractivity contribution in [3.63, 3.8) is 0 Å². The van der Waals surface area contributed by atoms with E-state index >= 15 is 0 Å². The topological polar surface area (TPSA) is 129 Å². The van der Waals surface area contributed by atoms with Gasteiger partial charge in [-0.2, -0.15) is 5.10 Å². The maximum atomic E-state index is 13.2. The number of nitrogens with zero attached hydrogens (tertiary/aromatic N) is 3. The molecule has 2 aromatic rings. The lowest BCUT2D eigenvalue weighted by Crippen LogP contribution is -2.26. The average Bonchev–Trinajstić information content (AvgIpc) is 3.45. The molecule has 2 atom stereocenters. The highest BCUT2D eigenvalue weighted by Crippen LogP contribution is 2.39. The van der Waals surface area contributed by atoms with Crippen LogP contribution in [0.15, 0.2) is 21.5 Å². The number of ether oxygens (including phenoxy) is 1. The number of hydrogen-bond acceptors (Lipinski definition) is 5.